The fourth-order valence-electron chi connectivity index (χ4n) is 12.3. The van der Waals surface area contributed by atoms with Crippen molar-refractivity contribution in [2.24, 2.45) is 23.7 Å². The van der Waals surface area contributed by atoms with Crippen molar-refractivity contribution >= 4 is 27.8 Å². The molecule has 0 radical (unpaired) electrons. The highest BCUT2D eigenvalue weighted by Crippen LogP contribution is 2.64. The Labute approximate surface area is 317 Å². The molecule has 0 aromatic heterocycles. The number of anilines is 3. The topological polar surface area (TPSA) is 3.24 Å². The molecule has 4 atom stereocenters. The molecule has 2 spiro atoms. The molecule has 53 heavy (non-hydrogen) atoms. The molecule has 266 valence electrons. The minimum atomic E-state index is 0.0566. The average molecular weight is 692 g/mol. The molecule has 0 bridgehead atoms. The molecule has 6 aromatic rings. The third-order valence-electron chi connectivity index (χ3n) is 14.6. The van der Waals surface area contributed by atoms with Gasteiger partial charge in [0.05, 0.1) is 0 Å². The predicted molar refractivity (Wildman–Crippen MR) is 225 cm³/mol. The van der Waals surface area contributed by atoms with Crippen LogP contribution >= 0.6 is 0 Å². The summed E-state index contributed by atoms with van der Waals surface area (Å²) in [5.74, 6) is 2.69. The van der Waals surface area contributed by atoms with E-state index in [-0.39, 0.29) is 10.8 Å². The number of hydrogen-bond acceptors (Lipinski definition) is 1. The SMILES string of the molecule is CCC1CC(CC)C2(c3ccccc3-c3cc(N(c4ccc5c(c4)C4(CCCC4)c4ccccc4-5)c4ccc5ccccc5c4)ccc32)C(C(C)C)C1. The van der Waals surface area contributed by atoms with Crippen LogP contribution in [0.25, 0.3) is 33.0 Å². The first-order valence-electron chi connectivity index (χ1n) is 20.8. The molecule has 1 nitrogen and oxygen atoms in total. The third-order valence-corrected chi connectivity index (χ3v) is 14.6. The lowest BCUT2D eigenvalue weighted by atomic mass is 9.50. The summed E-state index contributed by atoms with van der Waals surface area (Å²) in [6.45, 7) is 9.87. The molecule has 1 heteroatoms. The Kier molecular flexibility index (Phi) is 7.77. The van der Waals surface area contributed by atoms with Gasteiger partial charge in [-0.15, -0.1) is 0 Å². The van der Waals surface area contributed by atoms with Crippen LogP contribution in [0.4, 0.5) is 17.1 Å². The fourth-order valence-corrected chi connectivity index (χ4v) is 12.3. The number of fused-ring (bicyclic) bond motifs is 11. The summed E-state index contributed by atoms with van der Waals surface area (Å²) >= 11 is 0. The Bertz CT molecular complexity index is 2360. The normalized spacial score (nSPS) is 23.4. The van der Waals surface area contributed by atoms with Crippen LogP contribution in [0.2, 0.25) is 0 Å². The van der Waals surface area contributed by atoms with Gasteiger partial charge in [-0.1, -0.05) is 144 Å². The lowest BCUT2D eigenvalue weighted by Crippen LogP contribution is -2.49. The van der Waals surface area contributed by atoms with E-state index in [2.05, 4.69) is 160 Å². The maximum absolute atomic E-state index is 2.58. The van der Waals surface area contributed by atoms with E-state index in [0.717, 1.165) is 5.92 Å². The molecule has 2 fully saturated rings. The monoisotopic (exact) mass is 691 g/mol. The second-order valence-corrected chi connectivity index (χ2v) is 17.3. The predicted octanol–water partition coefficient (Wildman–Crippen LogP) is 14.5. The van der Waals surface area contributed by atoms with Crippen LogP contribution in [0.3, 0.4) is 0 Å². The lowest BCUT2D eigenvalue weighted by Gasteiger charge is -2.53. The largest absolute Gasteiger partial charge is 0.310 e. The van der Waals surface area contributed by atoms with Crippen molar-refractivity contribution < 1.29 is 0 Å². The number of hydrogen-bond donors (Lipinski definition) is 0. The van der Waals surface area contributed by atoms with Gasteiger partial charge in [0.1, 0.15) is 0 Å². The molecule has 0 amide bonds. The van der Waals surface area contributed by atoms with Crippen LogP contribution in [0.5, 0.6) is 0 Å². The molecule has 2 saturated carbocycles. The fraction of sp³-hybridized carbons (Fsp3) is 0.346. The minimum absolute atomic E-state index is 0.0566. The van der Waals surface area contributed by atoms with Crippen molar-refractivity contribution in [1.82, 2.24) is 0 Å². The van der Waals surface area contributed by atoms with Crippen LogP contribution in [0.1, 0.15) is 101 Å². The van der Waals surface area contributed by atoms with Crippen molar-refractivity contribution in [1.29, 1.82) is 0 Å². The minimum Gasteiger partial charge on any atom is -0.310 e. The lowest BCUT2D eigenvalue weighted by molar-refractivity contribution is 0.0634. The van der Waals surface area contributed by atoms with Crippen LogP contribution in [0, 0.1) is 23.7 Å². The zero-order valence-electron chi connectivity index (χ0n) is 32.0. The van der Waals surface area contributed by atoms with E-state index in [1.165, 1.54) is 107 Å². The van der Waals surface area contributed by atoms with Crippen molar-refractivity contribution in [2.45, 2.75) is 89.9 Å². The molecule has 4 unspecified atom stereocenters. The van der Waals surface area contributed by atoms with Crippen molar-refractivity contribution in [3.63, 3.8) is 0 Å². The van der Waals surface area contributed by atoms with E-state index < -0.39 is 0 Å². The number of rotatable bonds is 6. The molecule has 4 aliphatic rings. The van der Waals surface area contributed by atoms with Gasteiger partial charge in [0, 0.05) is 27.9 Å². The molecule has 6 aromatic carbocycles. The Morgan fingerprint density at radius 2 is 1.15 bits per heavy atom. The highest BCUT2D eigenvalue weighted by Gasteiger charge is 2.56. The summed E-state index contributed by atoms with van der Waals surface area (Å²) in [5.41, 5.74) is 15.9. The molecule has 0 aliphatic heterocycles. The molecule has 4 aliphatic carbocycles. The van der Waals surface area contributed by atoms with Crippen LogP contribution in [-0.2, 0) is 10.8 Å². The second-order valence-electron chi connectivity index (χ2n) is 17.3. The second kappa shape index (κ2) is 12.5. The highest BCUT2D eigenvalue weighted by atomic mass is 15.1. The highest BCUT2D eigenvalue weighted by molar-refractivity contribution is 5.93. The third kappa shape index (κ3) is 4.68. The van der Waals surface area contributed by atoms with Gasteiger partial charge < -0.3 is 4.90 Å². The van der Waals surface area contributed by atoms with Crippen molar-refractivity contribution in [2.75, 3.05) is 4.90 Å². The quantitative estimate of drug-likeness (QED) is 0.168. The summed E-state index contributed by atoms with van der Waals surface area (Å²) in [4.78, 5) is 2.57. The van der Waals surface area contributed by atoms with Crippen molar-refractivity contribution in [3.8, 4) is 22.3 Å². The smallest absolute Gasteiger partial charge is 0.0468 e. The Balaban J connectivity index is 1.19. The Morgan fingerprint density at radius 1 is 0.547 bits per heavy atom. The Hall–Kier alpha value is -4.62. The molecule has 0 N–H and O–H groups in total. The van der Waals surface area contributed by atoms with Crippen molar-refractivity contribution in [3.05, 3.63) is 150 Å². The van der Waals surface area contributed by atoms with E-state index in [0.29, 0.717) is 17.8 Å². The van der Waals surface area contributed by atoms with E-state index in [1.54, 1.807) is 16.7 Å². The summed E-state index contributed by atoms with van der Waals surface area (Å²) in [7, 11) is 0. The van der Waals surface area contributed by atoms with Crippen LogP contribution in [0.15, 0.2) is 127 Å². The summed E-state index contributed by atoms with van der Waals surface area (Å²) in [6.07, 6.45) is 10.2. The Morgan fingerprint density at radius 3 is 1.91 bits per heavy atom. The van der Waals surface area contributed by atoms with E-state index in [4.69, 9.17) is 0 Å². The van der Waals surface area contributed by atoms with Crippen LogP contribution < -0.4 is 4.90 Å². The summed E-state index contributed by atoms with van der Waals surface area (Å²) in [6, 6.07) is 49.7. The van der Waals surface area contributed by atoms with Gasteiger partial charge in [0.25, 0.3) is 0 Å². The average Bonchev–Trinajstić information content (AvgIpc) is 3.88. The maximum atomic E-state index is 2.58. The molecule has 0 saturated heterocycles. The van der Waals surface area contributed by atoms with E-state index >= 15 is 0 Å². The van der Waals surface area contributed by atoms with Gasteiger partial charge in [0.2, 0.25) is 0 Å². The van der Waals surface area contributed by atoms with Gasteiger partial charge in [-0.25, -0.2) is 0 Å². The standard InChI is InChI=1S/C52H53N/c1-5-35-29-38(6-2)52(49(30-35)34(3)4)47-20-12-10-18-43(47)45-32-40(24-26-48(45)52)53(39-22-21-36-15-7-8-16-37(36)31-39)41-23-25-44-42-17-9-11-19-46(42)51(50(44)33-41)27-13-14-28-51/h7-12,15-26,31-35,38,49H,5-6,13-14,27-30H2,1-4H3. The molecular weight excluding hydrogens is 639 g/mol. The molecular formula is C52H53N. The van der Waals surface area contributed by atoms with Gasteiger partial charge in [-0.05, 0) is 141 Å². The zero-order chi connectivity index (χ0) is 35.9. The van der Waals surface area contributed by atoms with Gasteiger partial charge in [-0.3, -0.25) is 0 Å². The van der Waals surface area contributed by atoms with Gasteiger partial charge in [0.15, 0.2) is 0 Å². The van der Waals surface area contributed by atoms with E-state index in [1.807, 2.05) is 0 Å². The zero-order valence-corrected chi connectivity index (χ0v) is 32.0. The maximum Gasteiger partial charge on any atom is 0.0468 e. The van der Waals surface area contributed by atoms with Crippen LogP contribution in [-0.4, -0.2) is 0 Å². The number of benzene rings is 6. The van der Waals surface area contributed by atoms with Gasteiger partial charge >= 0.3 is 0 Å². The molecule has 0 heterocycles. The number of nitrogens with zero attached hydrogens (tertiary/aromatic N) is 1. The first kappa shape index (κ1) is 33.0. The first-order valence-corrected chi connectivity index (χ1v) is 20.8. The van der Waals surface area contributed by atoms with E-state index in [9.17, 15) is 0 Å². The first-order chi connectivity index (χ1) is 26.0. The molecule has 10 rings (SSSR count). The summed E-state index contributed by atoms with van der Waals surface area (Å²) < 4.78 is 0. The summed E-state index contributed by atoms with van der Waals surface area (Å²) in [5, 5.41) is 2.56. The van der Waals surface area contributed by atoms with Gasteiger partial charge in [-0.2, -0.15) is 0 Å².